The average Bonchev–Trinajstić information content (AvgIpc) is 2.49. The fraction of sp³-hybridized carbons (Fsp3) is 0.500. The van der Waals surface area contributed by atoms with Gasteiger partial charge < -0.3 is 15.4 Å². The van der Waals surface area contributed by atoms with Gasteiger partial charge in [0.2, 0.25) is 0 Å². The molecule has 0 unspecified atom stereocenters. The Kier molecular flexibility index (Phi) is 5.98. The summed E-state index contributed by atoms with van der Waals surface area (Å²) in [4.78, 5) is 6.49. The molecule has 0 radical (unpaired) electrons. The van der Waals surface area contributed by atoms with Gasteiger partial charge in [-0.1, -0.05) is 0 Å². The zero-order valence-electron chi connectivity index (χ0n) is 11.4. The summed E-state index contributed by atoms with van der Waals surface area (Å²) in [6.07, 6.45) is 0.792. The lowest BCUT2D eigenvalue weighted by Gasteiger charge is -2.27. The van der Waals surface area contributed by atoms with Crippen molar-refractivity contribution in [2.24, 2.45) is 10.7 Å². The van der Waals surface area contributed by atoms with Crippen molar-refractivity contribution in [3.05, 3.63) is 30.1 Å². The molecule has 0 saturated carbocycles. The quantitative estimate of drug-likeness (QED) is 0.513. The lowest BCUT2D eigenvalue weighted by atomic mass is 10.3. The first-order chi connectivity index (χ1) is 9.75. The zero-order valence-corrected chi connectivity index (χ0v) is 12.2. The van der Waals surface area contributed by atoms with E-state index in [2.05, 4.69) is 9.89 Å². The first kappa shape index (κ1) is 15.0. The number of hydrogen-bond acceptors (Lipinski definition) is 3. The summed E-state index contributed by atoms with van der Waals surface area (Å²) >= 11 is 1.95. The van der Waals surface area contributed by atoms with Gasteiger partial charge in [-0.25, -0.2) is 4.39 Å². The van der Waals surface area contributed by atoms with Crippen molar-refractivity contribution in [3.8, 4) is 5.75 Å². The number of benzene rings is 1. The average molecular weight is 297 g/mol. The fourth-order valence-corrected chi connectivity index (χ4v) is 2.77. The minimum Gasteiger partial charge on any atom is -0.494 e. The van der Waals surface area contributed by atoms with Crippen molar-refractivity contribution in [2.45, 2.75) is 6.42 Å². The predicted molar refractivity (Wildman–Crippen MR) is 81.9 cm³/mol. The van der Waals surface area contributed by atoms with Crippen LogP contribution >= 0.6 is 11.8 Å². The van der Waals surface area contributed by atoms with Crippen LogP contribution in [0.3, 0.4) is 0 Å². The molecule has 1 heterocycles. The number of ether oxygens (including phenoxy) is 1. The van der Waals surface area contributed by atoms with Crippen LogP contribution < -0.4 is 10.5 Å². The number of halogens is 1. The van der Waals surface area contributed by atoms with Crippen molar-refractivity contribution in [1.29, 1.82) is 0 Å². The number of nitrogens with two attached hydrogens (primary N) is 1. The summed E-state index contributed by atoms with van der Waals surface area (Å²) in [5.74, 6) is 3.28. The van der Waals surface area contributed by atoms with Crippen molar-refractivity contribution in [3.63, 3.8) is 0 Å². The van der Waals surface area contributed by atoms with E-state index < -0.39 is 0 Å². The Bertz CT molecular complexity index is 433. The van der Waals surface area contributed by atoms with Crippen molar-refractivity contribution in [2.75, 3.05) is 37.7 Å². The molecule has 1 fully saturated rings. The molecular weight excluding hydrogens is 277 g/mol. The normalized spacial score (nSPS) is 16.2. The Morgan fingerprint density at radius 1 is 1.30 bits per heavy atom. The summed E-state index contributed by atoms with van der Waals surface area (Å²) in [6.45, 7) is 3.16. The molecule has 2 rings (SSSR count). The van der Waals surface area contributed by atoms with E-state index in [0.717, 1.165) is 31.0 Å². The van der Waals surface area contributed by atoms with E-state index in [1.54, 1.807) is 12.1 Å². The van der Waals surface area contributed by atoms with Crippen LogP contribution in [0, 0.1) is 5.82 Å². The third-order valence-electron chi connectivity index (χ3n) is 2.99. The van der Waals surface area contributed by atoms with Crippen LogP contribution in [0.2, 0.25) is 0 Å². The second kappa shape index (κ2) is 7.99. The number of hydrogen-bond donors (Lipinski definition) is 1. The van der Waals surface area contributed by atoms with Gasteiger partial charge in [-0.05, 0) is 24.3 Å². The molecule has 2 N–H and O–H groups in total. The molecule has 1 aromatic carbocycles. The molecular formula is C14H20FN3OS. The van der Waals surface area contributed by atoms with E-state index >= 15 is 0 Å². The van der Waals surface area contributed by atoms with Crippen molar-refractivity contribution in [1.82, 2.24) is 4.90 Å². The number of guanidine groups is 1. The number of nitrogens with zero attached hydrogens (tertiary/aromatic N) is 2. The molecule has 110 valence electrons. The Labute approximate surface area is 123 Å². The maximum Gasteiger partial charge on any atom is 0.191 e. The number of thioether (sulfide) groups is 1. The van der Waals surface area contributed by atoms with Crippen LogP contribution in [0.4, 0.5) is 4.39 Å². The Balaban J connectivity index is 1.64. The molecule has 1 aliphatic rings. The van der Waals surface area contributed by atoms with E-state index in [1.165, 1.54) is 12.1 Å². The van der Waals surface area contributed by atoms with Gasteiger partial charge >= 0.3 is 0 Å². The van der Waals surface area contributed by atoms with Crippen molar-refractivity contribution < 1.29 is 9.13 Å². The van der Waals surface area contributed by atoms with Gasteiger partial charge in [0.05, 0.1) is 6.61 Å². The third-order valence-corrected chi connectivity index (χ3v) is 3.94. The molecule has 1 aromatic rings. The first-order valence-corrected chi connectivity index (χ1v) is 7.92. The van der Waals surface area contributed by atoms with E-state index in [-0.39, 0.29) is 5.82 Å². The Hall–Kier alpha value is -1.43. The van der Waals surface area contributed by atoms with Crippen LogP contribution in [0.15, 0.2) is 29.3 Å². The van der Waals surface area contributed by atoms with Crippen LogP contribution in [0.5, 0.6) is 5.75 Å². The van der Waals surface area contributed by atoms with Gasteiger partial charge in [0, 0.05) is 37.6 Å². The highest BCUT2D eigenvalue weighted by molar-refractivity contribution is 7.99. The summed E-state index contributed by atoms with van der Waals surface area (Å²) in [6, 6.07) is 6.02. The fourth-order valence-electron chi connectivity index (χ4n) is 1.87. The maximum absolute atomic E-state index is 12.7. The highest BCUT2D eigenvalue weighted by Gasteiger charge is 2.11. The van der Waals surface area contributed by atoms with Crippen LogP contribution in [0.25, 0.3) is 0 Å². The summed E-state index contributed by atoms with van der Waals surface area (Å²) in [7, 11) is 0. The molecule has 20 heavy (non-hydrogen) atoms. The van der Waals surface area contributed by atoms with Crippen LogP contribution in [0.1, 0.15) is 6.42 Å². The summed E-state index contributed by atoms with van der Waals surface area (Å²) < 4.78 is 18.2. The van der Waals surface area contributed by atoms with Gasteiger partial charge in [0.15, 0.2) is 5.96 Å². The highest BCUT2D eigenvalue weighted by Crippen LogP contribution is 2.11. The van der Waals surface area contributed by atoms with Gasteiger partial charge in [0.25, 0.3) is 0 Å². The predicted octanol–water partition coefficient (Wildman–Crippen LogP) is 1.96. The molecule has 0 spiro atoms. The molecule has 6 heteroatoms. The molecule has 1 aliphatic heterocycles. The summed E-state index contributed by atoms with van der Waals surface area (Å²) in [5, 5.41) is 0. The number of aliphatic imine (C=N–C) groups is 1. The third kappa shape index (κ3) is 4.92. The minimum absolute atomic E-state index is 0.255. The lowest BCUT2D eigenvalue weighted by Crippen LogP contribution is -2.42. The molecule has 1 saturated heterocycles. The maximum atomic E-state index is 12.7. The first-order valence-electron chi connectivity index (χ1n) is 6.77. The number of rotatable bonds is 5. The second-order valence-corrected chi connectivity index (χ2v) is 5.72. The second-order valence-electron chi connectivity index (χ2n) is 4.50. The Morgan fingerprint density at radius 2 is 2.00 bits per heavy atom. The summed E-state index contributed by atoms with van der Waals surface area (Å²) in [5.41, 5.74) is 5.94. The largest absolute Gasteiger partial charge is 0.494 e. The van der Waals surface area contributed by atoms with E-state index in [1.807, 2.05) is 11.8 Å². The monoisotopic (exact) mass is 297 g/mol. The zero-order chi connectivity index (χ0) is 14.2. The van der Waals surface area contributed by atoms with Gasteiger partial charge in [-0.15, -0.1) is 0 Å². The molecule has 0 aromatic heterocycles. The van der Waals surface area contributed by atoms with Gasteiger partial charge in [0.1, 0.15) is 11.6 Å². The van der Waals surface area contributed by atoms with E-state index in [0.29, 0.717) is 24.9 Å². The standard InChI is InChI=1S/C14H20FN3OS/c15-12-2-4-13(5-3-12)19-9-1-6-17-14(16)18-7-10-20-11-8-18/h2-5H,1,6-11H2,(H2,16,17). The molecule has 0 bridgehead atoms. The van der Waals surface area contributed by atoms with Crippen LogP contribution in [-0.4, -0.2) is 48.6 Å². The SMILES string of the molecule is NC(=NCCCOc1ccc(F)cc1)N1CCSCC1. The molecule has 0 atom stereocenters. The lowest BCUT2D eigenvalue weighted by molar-refractivity contribution is 0.312. The van der Waals surface area contributed by atoms with E-state index in [9.17, 15) is 4.39 Å². The molecule has 0 aliphatic carbocycles. The molecule has 4 nitrogen and oxygen atoms in total. The van der Waals surface area contributed by atoms with Gasteiger partial charge in [-0.3, -0.25) is 4.99 Å². The van der Waals surface area contributed by atoms with Crippen LogP contribution in [-0.2, 0) is 0 Å². The van der Waals surface area contributed by atoms with Crippen molar-refractivity contribution >= 4 is 17.7 Å². The Morgan fingerprint density at radius 3 is 2.70 bits per heavy atom. The van der Waals surface area contributed by atoms with Gasteiger partial charge in [-0.2, -0.15) is 11.8 Å². The molecule has 0 amide bonds. The van der Waals surface area contributed by atoms with E-state index in [4.69, 9.17) is 10.5 Å². The highest BCUT2D eigenvalue weighted by atomic mass is 32.2. The minimum atomic E-state index is -0.255. The topological polar surface area (TPSA) is 50.9 Å². The smallest absolute Gasteiger partial charge is 0.191 e.